The Balaban J connectivity index is 2.25. The molecule has 0 bridgehead atoms. The Morgan fingerprint density at radius 3 is 3.00 bits per heavy atom. The van der Waals surface area contributed by atoms with Gasteiger partial charge in [-0.2, -0.15) is 0 Å². The van der Waals surface area contributed by atoms with Gasteiger partial charge in [-0.05, 0) is 24.8 Å². The zero-order valence-electron chi connectivity index (χ0n) is 10.5. The Morgan fingerprint density at radius 1 is 1.47 bits per heavy atom. The van der Waals surface area contributed by atoms with E-state index in [-0.39, 0.29) is 0 Å². The molecule has 1 aromatic rings. The van der Waals surface area contributed by atoms with E-state index < -0.39 is 0 Å². The van der Waals surface area contributed by atoms with E-state index in [0.29, 0.717) is 13.2 Å². The fourth-order valence-electron chi connectivity index (χ4n) is 1.35. The number of rotatable bonds is 7. The molecule has 0 aliphatic carbocycles. The van der Waals surface area contributed by atoms with Crippen LogP contribution in [0.4, 0.5) is 0 Å². The lowest BCUT2D eigenvalue weighted by molar-refractivity contribution is 0.208. The number of nitrogens with zero attached hydrogens (tertiary/aromatic N) is 1. The third kappa shape index (κ3) is 6.28. The average Bonchev–Trinajstić information content (AvgIpc) is 2.82. The molecule has 2 N–H and O–H groups in total. The van der Waals surface area contributed by atoms with Crippen molar-refractivity contribution in [3.63, 3.8) is 0 Å². The second-order valence-electron chi connectivity index (χ2n) is 3.51. The van der Waals surface area contributed by atoms with Crippen molar-refractivity contribution >= 4 is 17.3 Å². The highest BCUT2D eigenvalue weighted by Crippen LogP contribution is 2.07. The summed E-state index contributed by atoms with van der Waals surface area (Å²) in [5.41, 5.74) is 0. The van der Waals surface area contributed by atoms with E-state index in [2.05, 4.69) is 40.1 Å². The minimum Gasteiger partial charge on any atom is -0.383 e. The standard InChI is InChI=1S/C12H21N3OS/c1-3-13-12(15-8-9-16-2)14-7-6-11-5-4-10-17-11/h4-5,10H,3,6-9H2,1-2H3,(H2,13,14,15). The molecular formula is C12H21N3OS. The van der Waals surface area contributed by atoms with E-state index >= 15 is 0 Å². The molecule has 0 aliphatic rings. The molecule has 4 nitrogen and oxygen atoms in total. The van der Waals surface area contributed by atoms with Crippen LogP contribution in [0, 0.1) is 0 Å². The van der Waals surface area contributed by atoms with Crippen LogP contribution in [-0.2, 0) is 11.2 Å². The van der Waals surface area contributed by atoms with Gasteiger partial charge in [-0.3, -0.25) is 4.99 Å². The Labute approximate surface area is 107 Å². The van der Waals surface area contributed by atoms with Crippen LogP contribution in [0.2, 0.25) is 0 Å². The molecule has 0 saturated heterocycles. The van der Waals surface area contributed by atoms with Gasteiger partial charge < -0.3 is 15.4 Å². The number of hydrogen-bond donors (Lipinski definition) is 2. The van der Waals surface area contributed by atoms with Gasteiger partial charge in [-0.1, -0.05) is 6.07 Å². The predicted octanol–water partition coefficient (Wildman–Crippen LogP) is 1.49. The zero-order valence-corrected chi connectivity index (χ0v) is 11.3. The average molecular weight is 255 g/mol. The topological polar surface area (TPSA) is 45.7 Å². The van der Waals surface area contributed by atoms with Crippen molar-refractivity contribution in [2.24, 2.45) is 4.99 Å². The van der Waals surface area contributed by atoms with Crippen molar-refractivity contribution in [2.45, 2.75) is 13.3 Å². The zero-order chi connectivity index (χ0) is 12.3. The normalized spacial score (nSPS) is 11.5. The van der Waals surface area contributed by atoms with Gasteiger partial charge >= 0.3 is 0 Å². The second-order valence-corrected chi connectivity index (χ2v) is 4.54. The third-order valence-corrected chi connectivity index (χ3v) is 3.09. The summed E-state index contributed by atoms with van der Waals surface area (Å²) >= 11 is 1.79. The van der Waals surface area contributed by atoms with Crippen molar-refractivity contribution < 1.29 is 4.74 Å². The SMILES string of the molecule is CCNC(=NCCOC)NCCc1cccs1. The van der Waals surface area contributed by atoms with E-state index in [1.54, 1.807) is 18.4 Å². The first-order valence-electron chi connectivity index (χ1n) is 5.90. The van der Waals surface area contributed by atoms with Crippen LogP contribution in [0.1, 0.15) is 11.8 Å². The molecule has 0 aromatic carbocycles. The minimum atomic E-state index is 0.654. The number of nitrogens with one attached hydrogen (secondary N) is 2. The summed E-state index contributed by atoms with van der Waals surface area (Å²) in [7, 11) is 1.69. The molecule has 0 unspecified atom stereocenters. The molecule has 1 heterocycles. The van der Waals surface area contributed by atoms with Gasteiger partial charge in [-0.25, -0.2) is 0 Å². The van der Waals surface area contributed by atoms with Gasteiger partial charge in [-0.15, -0.1) is 11.3 Å². The van der Waals surface area contributed by atoms with Crippen molar-refractivity contribution in [3.8, 4) is 0 Å². The van der Waals surface area contributed by atoms with Crippen molar-refractivity contribution in [1.29, 1.82) is 0 Å². The number of aliphatic imine (C=N–C) groups is 1. The van der Waals surface area contributed by atoms with Gasteiger partial charge in [0.25, 0.3) is 0 Å². The van der Waals surface area contributed by atoms with Crippen LogP contribution in [-0.4, -0.2) is 39.3 Å². The van der Waals surface area contributed by atoms with Crippen LogP contribution in [0.3, 0.4) is 0 Å². The smallest absolute Gasteiger partial charge is 0.191 e. The van der Waals surface area contributed by atoms with Crippen molar-refractivity contribution in [2.75, 3.05) is 33.4 Å². The Kier molecular flexibility index (Phi) is 7.42. The van der Waals surface area contributed by atoms with Crippen molar-refractivity contribution in [3.05, 3.63) is 22.4 Å². The molecule has 1 rings (SSSR count). The number of thiophene rings is 1. The van der Waals surface area contributed by atoms with Crippen LogP contribution in [0.5, 0.6) is 0 Å². The van der Waals surface area contributed by atoms with Crippen LogP contribution in [0.25, 0.3) is 0 Å². The van der Waals surface area contributed by atoms with E-state index in [0.717, 1.165) is 25.5 Å². The molecule has 0 amide bonds. The van der Waals surface area contributed by atoms with Gasteiger partial charge in [0, 0.05) is 25.1 Å². The maximum absolute atomic E-state index is 4.97. The number of methoxy groups -OCH3 is 1. The first-order chi connectivity index (χ1) is 8.36. The number of guanidine groups is 1. The molecule has 0 fully saturated rings. The van der Waals surface area contributed by atoms with E-state index in [1.807, 2.05) is 0 Å². The lowest BCUT2D eigenvalue weighted by Crippen LogP contribution is -2.38. The number of hydrogen-bond acceptors (Lipinski definition) is 3. The van der Waals surface area contributed by atoms with E-state index in [4.69, 9.17) is 4.74 Å². The van der Waals surface area contributed by atoms with Gasteiger partial charge in [0.1, 0.15) is 0 Å². The quantitative estimate of drug-likeness (QED) is 0.441. The summed E-state index contributed by atoms with van der Waals surface area (Å²) in [5.74, 6) is 0.862. The maximum Gasteiger partial charge on any atom is 0.191 e. The molecule has 1 aromatic heterocycles. The Morgan fingerprint density at radius 2 is 2.35 bits per heavy atom. The van der Waals surface area contributed by atoms with Gasteiger partial charge in [0.05, 0.1) is 13.2 Å². The fraction of sp³-hybridized carbons (Fsp3) is 0.583. The molecule has 96 valence electrons. The predicted molar refractivity (Wildman–Crippen MR) is 73.9 cm³/mol. The molecule has 5 heteroatoms. The molecular weight excluding hydrogens is 234 g/mol. The molecule has 0 radical (unpaired) electrons. The monoisotopic (exact) mass is 255 g/mol. The maximum atomic E-state index is 4.97. The number of ether oxygens (including phenoxy) is 1. The Bertz CT molecular complexity index is 312. The van der Waals surface area contributed by atoms with Crippen LogP contribution >= 0.6 is 11.3 Å². The summed E-state index contributed by atoms with van der Waals surface area (Å²) < 4.78 is 4.97. The molecule has 0 saturated carbocycles. The Hall–Kier alpha value is -1.07. The third-order valence-electron chi connectivity index (χ3n) is 2.15. The first kappa shape index (κ1) is 14.0. The lowest BCUT2D eigenvalue weighted by atomic mass is 10.3. The van der Waals surface area contributed by atoms with Crippen LogP contribution in [0.15, 0.2) is 22.5 Å². The van der Waals surface area contributed by atoms with Gasteiger partial charge in [0.15, 0.2) is 5.96 Å². The van der Waals surface area contributed by atoms with Crippen LogP contribution < -0.4 is 10.6 Å². The molecule has 0 atom stereocenters. The van der Waals surface area contributed by atoms with Gasteiger partial charge in [0.2, 0.25) is 0 Å². The van der Waals surface area contributed by atoms with E-state index in [1.165, 1.54) is 4.88 Å². The second kappa shape index (κ2) is 9.01. The summed E-state index contributed by atoms with van der Waals surface area (Å²) in [5, 5.41) is 8.62. The summed E-state index contributed by atoms with van der Waals surface area (Å²) in [6, 6.07) is 4.24. The summed E-state index contributed by atoms with van der Waals surface area (Å²) in [6.45, 7) is 5.18. The molecule has 17 heavy (non-hydrogen) atoms. The first-order valence-corrected chi connectivity index (χ1v) is 6.78. The molecule has 0 aliphatic heterocycles. The van der Waals surface area contributed by atoms with E-state index in [9.17, 15) is 0 Å². The largest absolute Gasteiger partial charge is 0.383 e. The fourth-order valence-corrected chi connectivity index (χ4v) is 2.06. The lowest BCUT2D eigenvalue weighted by Gasteiger charge is -2.10. The minimum absolute atomic E-state index is 0.654. The van der Waals surface area contributed by atoms with Crippen molar-refractivity contribution in [1.82, 2.24) is 10.6 Å². The molecule has 0 spiro atoms. The summed E-state index contributed by atoms with van der Waals surface area (Å²) in [4.78, 5) is 5.79. The highest BCUT2D eigenvalue weighted by molar-refractivity contribution is 7.09. The summed E-state index contributed by atoms with van der Waals surface area (Å²) in [6.07, 6.45) is 1.03. The highest BCUT2D eigenvalue weighted by atomic mass is 32.1. The highest BCUT2D eigenvalue weighted by Gasteiger charge is 1.97.